The quantitative estimate of drug-likeness (QED) is 0.629. The van der Waals surface area contributed by atoms with Gasteiger partial charge in [-0.25, -0.2) is 4.98 Å². The van der Waals surface area contributed by atoms with Gasteiger partial charge in [-0.2, -0.15) is 0 Å². The summed E-state index contributed by atoms with van der Waals surface area (Å²) in [6.45, 7) is 0.157. The maximum absolute atomic E-state index is 12.2. The average Bonchev–Trinajstić information content (AvgIpc) is 2.52. The molecular weight excluding hydrogens is 268 g/mol. The van der Waals surface area contributed by atoms with Crippen molar-refractivity contribution in [2.45, 2.75) is 32.3 Å². The minimum absolute atomic E-state index is 0.0252. The van der Waals surface area contributed by atoms with Gasteiger partial charge in [-0.05, 0) is 37.5 Å². The van der Waals surface area contributed by atoms with Crippen LogP contribution in [0.15, 0.2) is 24.5 Å². The molecule has 0 radical (unpaired) electrons. The molecule has 1 saturated carbocycles. The molecule has 0 aliphatic heterocycles. The summed E-state index contributed by atoms with van der Waals surface area (Å²) in [7, 11) is 1.54. The maximum Gasteiger partial charge on any atom is 0.309 e. The van der Waals surface area contributed by atoms with E-state index in [-0.39, 0.29) is 18.5 Å². The molecule has 0 saturated heterocycles. The number of nitrogens with zero attached hydrogens (tertiary/aromatic N) is 2. The van der Waals surface area contributed by atoms with Crippen molar-refractivity contribution in [3.8, 4) is 5.88 Å². The summed E-state index contributed by atoms with van der Waals surface area (Å²) >= 11 is 0. The topological polar surface area (TPSA) is 61.3 Å². The fourth-order valence-electron chi connectivity index (χ4n) is 3.31. The molecule has 1 aromatic heterocycles. The van der Waals surface area contributed by atoms with Crippen LogP contribution in [0.4, 0.5) is 0 Å². The molecule has 3 rings (SSSR count). The van der Waals surface area contributed by atoms with Crippen LogP contribution in [0.5, 0.6) is 5.88 Å². The van der Waals surface area contributed by atoms with E-state index in [1.165, 1.54) is 19.7 Å². The molecule has 0 spiro atoms. The number of rotatable bonds is 4. The van der Waals surface area contributed by atoms with E-state index in [0.29, 0.717) is 23.4 Å². The molecule has 2 aliphatic rings. The molecule has 2 aliphatic carbocycles. The van der Waals surface area contributed by atoms with Crippen molar-refractivity contribution in [3.05, 3.63) is 30.2 Å². The van der Waals surface area contributed by atoms with Gasteiger partial charge in [-0.3, -0.25) is 9.78 Å². The van der Waals surface area contributed by atoms with Gasteiger partial charge in [0.15, 0.2) is 0 Å². The number of allylic oxidation sites excluding steroid dienone is 2. The van der Waals surface area contributed by atoms with Crippen LogP contribution >= 0.6 is 0 Å². The summed E-state index contributed by atoms with van der Waals surface area (Å²) in [4.78, 5) is 20.4. The largest absolute Gasteiger partial charge is 0.480 e. The van der Waals surface area contributed by atoms with E-state index in [0.717, 1.165) is 19.3 Å². The molecule has 0 amide bonds. The second-order valence-electron chi connectivity index (χ2n) is 5.85. The van der Waals surface area contributed by atoms with Crippen molar-refractivity contribution < 1.29 is 14.3 Å². The number of carbonyl (C=O) groups is 1. The van der Waals surface area contributed by atoms with E-state index in [1.54, 1.807) is 6.20 Å². The van der Waals surface area contributed by atoms with Gasteiger partial charge in [-0.15, -0.1) is 0 Å². The molecule has 3 atom stereocenters. The Morgan fingerprint density at radius 1 is 1.33 bits per heavy atom. The lowest BCUT2D eigenvalue weighted by molar-refractivity contribution is -0.152. The number of carbonyl (C=O) groups excluding carboxylic acids is 1. The monoisotopic (exact) mass is 288 g/mol. The van der Waals surface area contributed by atoms with E-state index in [1.807, 2.05) is 0 Å². The van der Waals surface area contributed by atoms with Gasteiger partial charge < -0.3 is 9.47 Å². The summed E-state index contributed by atoms with van der Waals surface area (Å²) in [5.41, 5.74) is 0.610. The second kappa shape index (κ2) is 6.24. The van der Waals surface area contributed by atoms with Gasteiger partial charge in [-0.1, -0.05) is 12.2 Å². The van der Waals surface area contributed by atoms with Crippen LogP contribution in [-0.4, -0.2) is 23.0 Å². The second-order valence-corrected chi connectivity index (χ2v) is 5.85. The molecule has 1 heterocycles. The summed E-state index contributed by atoms with van der Waals surface area (Å²) < 4.78 is 10.4. The first-order chi connectivity index (χ1) is 10.2. The Morgan fingerprint density at radius 3 is 3.05 bits per heavy atom. The smallest absolute Gasteiger partial charge is 0.309 e. The number of ether oxygens (including phenoxy) is 2. The number of hydrogen-bond acceptors (Lipinski definition) is 5. The number of esters is 1. The lowest BCUT2D eigenvalue weighted by Crippen LogP contribution is -2.30. The fourth-order valence-corrected chi connectivity index (χ4v) is 3.31. The minimum Gasteiger partial charge on any atom is -0.480 e. The molecule has 2 bridgehead atoms. The average molecular weight is 288 g/mol. The van der Waals surface area contributed by atoms with Crippen LogP contribution in [-0.2, 0) is 16.1 Å². The van der Waals surface area contributed by atoms with Crippen molar-refractivity contribution >= 4 is 5.97 Å². The number of fused-ring (bicyclic) bond motifs is 2. The third kappa shape index (κ3) is 3.40. The highest BCUT2D eigenvalue weighted by molar-refractivity contribution is 5.72. The third-order valence-corrected chi connectivity index (χ3v) is 4.29. The molecule has 1 fully saturated rings. The van der Waals surface area contributed by atoms with Gasteiger partial charge >= 0.3 is 5.97 Å². The molecule has 112 valence electrons. The van der Waals surface area contributed by atoms with Crippen molar-refractivity contribution in [2.75, 3.05) is 7.11 Å². The molecular formula is C16H20N2O3. The van der Waals surface area contributed by atoms with Crippen LogP contribution < -0.4 is 4.74 Å². The molecule has 5 heteroatoms. The molecule has 5 nitrogen and oxygen atoms in total. The Kier molecular flexibility index (Phi) is 4.18. The molecule has 1 aromatic rings. The molecule has 0 N–H and O–H groups in total. The predicted molar refractivity (Wildman–Crippen MR) is 76.5 cm³/mol. The first-order valence-corrected chi connectivity index (χ1v) is 7.43. The normalized spacial score (nSPS) is 27.2. The Morgan fingerprint density at radius 2 is 2.24 bits per heavy atom. The van der Waals surface area contributed by atoms with Crippen LogP contribution in [0.2, 0.25) is 0 Å². The van der Waals surface area contributed by atoms with Gasteiger partial charge in [0.05, 0.1) is 25.4 Å². The van der Waals surface area contributed by atoms with Gasteiger partial charge in [0.25, 0.3) is 0 Å². The Balaban J connectivity index is 1.55. The highest BCUT2D eigenvalue weighted by Gasteiger charge is 2.34. The van der Waals surface area contributed by atoms with Crippen molar-refractivity contribution in [1.82, 2.24) is 9.97 Å². The van der Waals surface area contributed by atoms with Crippen molar-refractivity contribution in [3.63, 3.8) is 0 Å². The number of aromatic nitrogens is 2. The van der Waals surface area contributed by atoms with E-state index in [9.17, 15) is 4.79 Å². The van der Waals surface area contributed by atoms with Crippen LogP contribution in [0.25, 0.3) is 0 Å². The first kappa shape index (κ1) is 14.0. The van der Waals surface area contributed by atoms with Crippen LogP contribution in [0, 0.1) is 17.8 Å². The molecule has 0 aromatic carbocycles. The van der Waals surface area contributed by atoms with Gasteiger partial charge in [0.2, 0.25) is 5.88 Å². The Bertz CT molecular complexity index is 544. The minimum atomic E-state index is -0.107. The van der Waals surface area contributed by atoms with Crippen LogP contribution in [0.1, 0.15) is 31.4 Å². The highest BCUT2D eigenvalue weighted by atomic mass is 16.5. The first-order valence-electron chi connectivity index (χ1n) is 7.43. The van der Waals surface area contributed by atoms with Crippen molar-refractivity contribution in [2.24, 2.45) is 17.8 Å². The predicted octanol–water partition coefficient (Wildman–Crippen LogP) is 2.52. The standard InChI is InChI=1S/C16H20N2O3/c1-20-15-9-17-8-14(18-15)10-21-16(19)13-6-11-3-2-4-12(5-11)7-13/h2-3,8-9,11-13H,4-7,10H2,1H3/t11-,12+,13-/m0/s1. The van der Waals surface area contributed by atoms with Gasteiger partial charge in [0.1, 0.15) is 12.3 Å². The Labute approximate surface area is 124 Å². The Hall–Kier alpha value is -1.91. The van der Waals surface area contributed by atoms with E-state index in [4.69, 9.17) is 9.47 Å². The number of methoxy groups -OCH3 is 1. The number of hydrogen-bond donors (Lipinski definition) is 0. The van der Waals surface area contributed by atoms with Crippen molar-refractivity contribution in [1.29, 1.82) is 0 Å². The van der Waals surface area contributed by atoms with Crippen LogP contribution in [0.3, 0.4) is 0 Å². The zero-order valence-corrected chi connectivity index (χ0v) is 12.2. The lowest BCUT2D eigenvalue weighted by atomic mass is 9.71. The molecule has 21 heavy (non-hydrogen) atoms. The summed E-state index contributed by atoms with van der Waals surface area (Å²) in [6.07, 6.45) is 11.8. The SMILES string of the molecule is COc1cncc(COC(=O)[C@H]2C[C@H]3C=CC[C@H](C3)C2)n1. The summed E-state index contributed by atoms with van der Waals surface area (Å²) in [5.74, 6) is 1.54. The fraction of sp³-hybridized carbons (Fsp3) is 0.562. The zero-order valence-electron chi connectivity index (χ0n) is 12.2. The zero-order chi connectivity index (χ0) is 14.7. The summed E-state index contributed by atoms with van der Waals surface area (Å²) in [6, 6.07) is 0. The third-order valence-electron chi connectivity index (χ3n) is 4.29. The van der Waals surface area contributed by atoms with Gasteiger partial charge in [0, 0.05) is 0 Å². The summed E-state index contributed by atoms with van der Waals surface area (Å²) in [5, 5.41) is 0. The van der Waals surface area contributed by atoms with E-state index in [2.05, 4.69) is 22.1 Å². The lowest BCUT2D eigenvalue weighted by Gasteiger charge is -2.34. The maximum atomic E-state index is 12.2. The van der Waals surface area contributed by atoms with E-state index < -0.39 is 0 Å². The highest BCUT2D eigenvalue weighted by Crippen LogP contribution is 2.39. The molecule has 0 unspecified atom stereocenters. The van der Waals surface area contributed by atoms with E-state index >= 15 is 0 Å².